The lowest BCUT2D eigenvalue weighted by molar-refractivity contribution is -0.160. The lowest BCUT2D eigenvalue weighted by Crippen LogP contribution is -2.43. The Bertz CT molecular complexity index is 406. The van der Waals surface area contributed by atoms with Crippen LogP contribution in [0.1, 0.15) is 33.1 Å². The number of rotatable bonds is 6. The quantitative estimate of drug-likeness (QED) is 0.439. The van der Waals surface area contributed by atoms with Crippen LogP contribution in [0.4, 0.5) is 0 Å². The highest BCUT2D eigenvalue weighted by Gasteiger charge is 2.48. The average Bonchev–Trinajstić information content (AvgIpc) is 2.34. The molecule has 19 heavy (non-hydrogen) atoms. The van der Waals surface area contributed by atoms with Gasteiger partial charge in [-0.1, -0.05) is 12.2 Å². The van der Waals surface area contributed by atoms with E-state index in [0.29, 0.717) is 12.8 Å². The molecule has 0 aromatic carbocycles. The highest BCUT2D eigenvalue weighted by atomic mass is 16.5. The van der Waals surface area contributed by atoms with Crippen LogP contribution in [-0.2, 0) is 14.3 Å². The molecule has 5 heteroatoms. The van der Waals surface area contributed by atoms with E-state index in [1.165, 1.54) is 6.08 Å². The van der Waals surface area contributed by atoms with Crippen molar-refractivity contribution in [2.24, 2.45) is 11.3 Å². The second-order valence-electron chi connectivity index (χ2n) is 5.03. The van der Waals surface area contributed by atoms with Crippen LogP contribution < -0.4 is 0 Å². The lowest BCUT2D eigenvalue weighted by atomic mass is 9.68. The summed E-state index contributed by atoms with van der Waals surface area (Å²) in [5.74, 6) is -3.06. The first-order valence-electron chi connectivity index (χ1n) is 6.29. The van der Waals surface area contributed by atoms with Gasteiger partial charge >= 0.3 is 11.9 Å². The molecule has 1 aliphatic carbocycles. The first kappa shape index (κ1) is 15.3. The standard InChI is InChI=1S/C14H20O5/c1-10(2)9-19-8-7-14(13(17)18)6-4-3-5-11(14)12(15)16/h4,6,9,11H,3,5,7-8H2,1-2H3,(H,15,16)(H,17,18). The molecule has 2 N–H and O–H groups in total. The van der Waals surface area contributed by atoms with E-state index in [1.807, 2.05) is 13.8 Å². The van der Waals surface area contributed by atoms with Crippen molar-refractivity contribution in [1.29, 1.82) is 0 Å². The number of carboxylic acids is 2. The maximum Gasteiger partial charge on any atom is 0.314 e. The van der Waals surface area contributed by atoms with Gasteiger partial charge in [0.25, 0.3) is 0 Å². The molecule has 2 unspecified atom stereocenters. The van der Waals surface area contributed by atoms with Gasteiger partial charge in [0.2, 0.25) is 0 Å². The molecule has 0 radical (unpaired) electrons. The van der Waals surface area contributed by atoms with Gasteiger partial charge in [0.15, 0.2) is 0 Å². The van der Waals surface area contributed by atoms with Crippen molar-refractivity contribution in [2.45, 2.75) is 33.1 Å². The molecule has 0 spiro atoms. The Balaban J connectivity index is 2.86. The van der Waals surface area contributed by atoms with Crippen molar-refractivity contribution in [3.63, 3.8) is 0 Å². The Morgan fingerprint density at radius 1 is 1.42 bits per heavy atom. The molecule has 0 saturated carbocycles. The van der Waals surface area contributed by atoms with Gasteiger partial charge in [-0.15, -0.1) is 0 Å². The second kappa shape index (κ2) is 6.41. The predicted octanol–water partition coefficient (Wildman–Crippen LogP) is 2.44. The number of aliphatic carboxylic acids is 2. The number of hydrogen-bond donors (Lipinski definition) is 2. The summed E-state index contributed by atoms with van der Waals surface area (Å²) >= 11 is 0. The number of carboxylic acid groups (broad SMARTS) is 2. The van der Waals surface area contributed by atoms with Gasteiger partial charge in [0.1, 0.15) is 5.41 Å². The molecule has 0 bridgehead atoms. The fraction of sp³-hybridized carbons (Fsp3) is 0.571. The van der Waals surface area contributed by atoms with Crippen LogP contribution >= 0.6 is 0 Å². The van der Waals surface area contributed by atoms with Crippen molar-refractivity contribution in [3.8, 4) is 0 Å². The van der Waals surface area contributed by atoms with Crippen molar-refractivity contribution < 1.29 is 24.5 Å². The summed E-state index contributed by atoms with van der Waals surface area (Å²) in [5.41, 5.74) is -0.391. The monoisotopic (exact) mass is 268 g/mol. The summed E-state index contributed by atoms with van der Waals surface area (Å²) in [7, 11) is 0. The highest BCUT2D eigenvalue weighted by molar-refractivity contribution is 5.85. The van der Waals surface area contributed by atoms with E-state index in [4.69, 9.17) is 4.74 Å². The molecule has 0 amide bonds. The van der Waals surface area contributed by atoms with Crippen molar-refractivity contribution in [1.82, 2.24) is 0 Å². The summed E-state index contributed by atoms with van der Waals surface area (Å²) < 4.78 is 5.25. The van der Waals surface area contributed by atoms with Crippen LogP contribution in [0.15, 0.2) is 24.0 Å². The molecule has 0 saturated heterocycles. The van der Waals surface area contributed by atoms with E-state index in [9.17, 15) is 19.8 Å². The topological polar surface area (TPSA) is 83.8 Å². The normalized spacial score (nSPS) is 25.7. The largest absolute Gasteiger partial charge is 0.501 e. The zero-order valence-electron chi connectivity index (χ0n) is 11.3. The SMILES string of the molecule is CC(C)=COCCC1(C(=O)O)C=CCCC1C(=O)O. The van der Waals surface area contributed by atoms with E-state index in [-0.39, 0.29) is 13.0 Å². The number of carbonyl (C=O) groups is 2. The van der Waals surface area contributed by atoms with Gasteiger partial charge in [0, 0.05) is 6.42 Å². The van der Waals surface area contributed by atoms with E-state index in [1.54, 1.807) is 12.3 Å². The maximum atomic E-state index is 11.5. The molecule has 1 rings (SSSR count). The molecular formula is C14H20O5. The summed E-state index contributed by atoms with van der Waals surface area (Å²) in [4.78, 5) is 22.8. The van der Waals surface area contributed by atoms with Crippen molar-refractivity contribution in [3.05, 3.63) is 24.0 Å². The number of hydrogen-bond acceptors (Lipinski definition) is 3. The van der Waals surface area contributed by atoms with E-state index >= 15 is 0 Å². The fourth-order valence-electron chi connectivity index (χ4n) is 2.31. The van der Waals surface area contributed by atoms with E-state index in [0.717, 1.165) is 5.57 Å². The van der Waals surface area contributed by atoms with Crippen LogP contribution in [0.5, 0.6) is 0 Å². The van der Waals surface area contributed by atoms with Gasteiger partial charge in [-0.25, -0.2) is 0 Å². The van der Waals surface area contributed by atoms with Crippen LogP contribution in [0.2, 0.25) is 0 Å². The first-order valence-corrected chi connectivity index (χ1v) is 6.29. The van der Waals surface area contributed by atoms with Crippen molar-refractivity contribution in [2.75, 3.05) is 6.61 Å². The predicted molar refractivity (Wildman–Crippen MR) is 69.6 cm³/mol. The molecule has 0 heterocycles. The Kier molecular flexibility index (Phi) is 5.15. The third kappa shape index (κ3) is 3.59. The average molecular weight is 268 g/mol. The molecule has 106 valence electrons. The minimum Gasteiger partial charge on any atom is -0.501 e. The Morgan fingerprint density at radius 2 is 2.11 bits per heavy atom. The smallest absolute Gasteiger partial charge is 0.314 e. The van der Waals surface area contributed by atoms with Crippen molar-refractivity contribution >= 4 is 11.9 Å². The summed E-state index contributed by atoms with van der Waals surface area (Å²) in [6.45, 7) is 3.92. The van der Waals surface area contributed by atoms with Gasteiger partial charge in [-0.05, 0) is 32.3 Å². The lowest BCUT2D eigenvalue weighted by Gasteiger charge is -2.34. The minimum atomic E-state index is -1.36. The molecule has 0 aliphatic heterocycles. The Morgan fingerprint density at radius 3 is 2.63 bits per heavy atom. The van der Waals surface area contributed by atoms with Crippen LogP contribution in [0.3, 0.4) is 0 Å². The molecule has 1 aliphatic rings. The maximum absolute atomic E-state index is 11.5. The highest BCUT2D eigenvalue weighted by Crippen LogP contribution is 2.40. The van der Waals surface area contributed by atoms with Crippen LogP contribution in [0, 0.1) is 11.3 Å². The summed E-state index contributed by atoms with van der Waals surface area (Å²) in [6, 6.07) is 0. The third-order valence-electron chi connectivity index (χ3n) is 3.31. The van der Waals surface area contributed by atoms with Crippen LogP contribution in [-0.4, -0.2) is 28.8 Å². The zero-order valence-corrected chi connectivity index (χ0v) is 11.3. The fourth-order valence-corrected chi connectivity index (χ4v) is 2.31. The van der Waals surface area contributed by atoms with Gasteiger partial charge < -0.3 is 14.9 Å². The van der Waals surface area contributed by atoms with Gasteiger partial charge in [0.05, 0.1) is 18.8 Å². The molecule has 2 atom stereocenters. The zero-order chi connectivity index (χ0) is 14.5. The number of ether oxygens (including phenoxy) is 1. The molecular weight excluding hydrogens is 248 g/mol. The summed E-state index contributed by atoms with van der Waals surface area (Å²) in [6.07, 6.45) is 5.91. The number of allylic oxidation sites excluding steroid dienone is 2. The molecule has 0 aromatic heterocycles. The third-order valence-corrected chi connectivity index (χ3v) is 3.31. The van der Waals surface area contributed by atoms with E-state index in [2.05, 4.69) is 0 Å². The van der Waals surface area contributed by atoms with Gasteiger partial charge in [-0.2, -0.15) is 0 Å². The van der Waals surface area contributed by atoms with Gasteiger partial charge in [-0.3, -0.25) is 9.59 Å². The molecule has 5 nitrogen and oxygen atoms in total. The molecule has 0 aromatic rings. The first-order chi connectivity index (χ1) is 8.90. The Labute approximate surface area is 112 Å². The Hall–Kier alpha value is -1.78. The second-order valence-corrected chi connectivity index (χ2v) is 5.03. The molecule has 0 fully saturated rings. The summed E-state index contributed by atoms with van der Waals surface area (Å²) in [5, 5.41) is 18.6. The van der Waals surface area contributed by atoms with E-state index < -0.39 is 23.3 Å². The minimum absolute atomic E-state index is 0.152. The van der Waals surface area contributed by atoms with Crippen LogP contribution in [0.25, 0.3) is 0 Å².